The molecule has 19 heavy (non-hydrogen) atoms. The fourth-order valence-corrected chi connectivity index (χ4v) is 1.91. The molecule has 2 aromatic carbocycles. The van der Waals surface area contributed by atoms with Gasteiger partial charge in [-0.05, 0) is 31.2 Å². The summed E-state index contributed by atoms with van der Waals surface area (Å²) in [6.07, 6.45) is 0. The second-order valence-corrected chi connectivity index (χ2v) is 4.56. The lowest BCUT2D eigenvalue weighted by Gasteiger charge is -2.13. The second kappa shape index (κ2) is 5.71. The van der Waals surface area contributed by atoms with Gasteiger partial charge >= 0.3 is 0 Å². The van der Waals surface area contributed by atoms with Crippen molar-refractivity contribution < 1.29 is 9.47 Å². The van der Waals surface area contributed by atoms with Gasteiger partial charge in [-0.3, -0.25) is 0 Å². The van der Waals surface area contributed by atoms with E-state index in [0.717, 1.165) is 11.1 Å². The molecule has 2 rings (SSSR count). The Hall–Kier alpha value is -2.07. The van der Waals surface area contributed by atoms with Crippen LogP contribution in [0.1, 0.15) is 11.1 Å². The van der Waals surface area contributed by atoms with Gasteiger partial charge in [0.15, 0.2) is 11.5 Å². The number of ether oxygens (including phenoxy) is 2. The van der Waals surface area contributed by atoms with Gasteiger partial charge in [-0.15, -0.1) is 0 Å². The minimum Gasteiger partial charge on any atom is -0.493 e. The third kappa shape index (κ3) is 3.03. The third-order valence-electron chi connectivity index (χ3n) is 2.69. The first-order valence-electron chi connectivity index (χ1n) is 5.83. The molecule has 0 aromatic heterocycles. The van der Waals surface area contributed by atoms with E-state index in [1.54, 1.807) is 7.11 Å². The normalized spacial score (nSPS) is 10.0. The maximum absolute atomic E-state index is 5.86. The topological polar surface area (TPSA) is 44.5 Å². The SMILES string of the molecule is COc1ccccc1Oc1ccc(C)cc1C(N)=S. The molecule has 0 radical (unpaired) electrons. The van der Waals surface area contributed by atoms with Crippen LogP contribution in [0.15, 0.2) is 42.5 Å². The highest BCUT2D eigenvalue weighted by molar-refractivity contribution is 7.80. The molecule has 0 fully saturated rings. The van der Waals surface area contributed by atoms with Crippen molar-refractivity contribution in [2.75, 3.05) is 7.11 Å². The predicted octanol–water partition coefficient (Wildman–Crippen LogP) is 3.43. The molecular formula is C15H15NO2S. The average molecular weight is 273 g/mol. The summed E-state index contributed by atoms with van der Waals surface area (Å²) in [6, 6.07) is 13.2. The monoisotopic (exact) mass is 273 g/mol. The van der Waals surface area contributed by atoms with Crippen molar-refractivity contribution in [2.45, 2.75) is 6.92 Å². The smallest absolute Gasteiger partial charge is 0.169 e. The fourth-order valence-electron chi connectivity index (χ4n) is 1.75. The van der Waals surface area contributed by atoms with Gasteiger partial charge in [0.1, 0.15) is 10.7 Å². The van der Waals surface area contributed by atoms with Crippen LogP contribution in [0.25, 0.3) is 0 Å². The van der Waals surface area contributed by atoms with Crippen molar-refractivity contribution in [2.24, 2.45) is 5.73 Å². The molecule has 0 saturated heterocycles. The summed E-state index contributed by atoms with van der Waals surface area (Å²) in [6.45, 7) is 1.98. The van der Waals surface area contributed by atoms with Crippen molar-refractivity contribution in [1.29, 1.82) is 0 Å². The summed E-state index contributed by atoms with van der Waals surface area (Å²) in [5.41, 5.74) is 7.53. The van der Waals surface area contributed by atoms with Crippen LogP contribution in [-0.4, -0.2) is 12.1 Å². The molecule has 0 saturated carbocycles. The van der Waals surface area contributed by atoms with E-state index in [2.05, 4.69) is 0 Å². The minimum absolute atomic E-state index is 0.314. The summed E-state index contributed by atoms with van der Waals surface area (Å²) in [7, 11) is 1.60. The number of methoxy groups -OCH3 is 1. The van der Waals surface area contributed by atoms with Gasteiger partial charge in [-0.1, -0.05) is 36.0 Å². The second-order valence-electron chi connectivity index (χ2n) is 4.12. The molecule has 0 aliphatic heterocycles. The first-order valence-corrected chi connectivity index (χ1v) is 6.24. The molecule has 2 N–H and O–H groups in total. The molecule has 2 aromatic rings. The number of thiocarbonyl (C=S) groups is 1. The lowest BCUT2D eigenvalue weighted by Crippen LogP contribution is -2.11. The number of aryl methyl sites for hydroxylation is 1. The number of nitrogens with two attached hydrogens (primary N) is 1. The maximum Gasteiger partial charge on any atom is 0.169 e. The highest BCUT2D eigenvalue weighted by Crippen LogP contribution is 2.32. The molecule has 0 amide bonds. The van der Waals surface area contributed by atoms with Gasteiger partial charge in [0.05, 0.1) is 12.7 Å². The number of hydrogen-bond donors (Lipinski definition) is 1. The zero-order valence-electron chi connectivity index (χ0n) is 10.8. The molecule has 3 nitrogen and oxygen atoms in total. The van der Waals surface area contributed by atoms with E-state index in [1.807, 2.05) is 49.4 Å². The Kier molecular flexibility index (Phi) is 4.02. The first-order chi connectivity index (χ1) is 9.11. The van der Waals surface area contributed by atoms with E-state index in [1.165, 1.54) is 0 Å². The van der Waals surface area contributed by atoms with Crippen LogP contribution in [-0.2, 0) is 0 Å². The highest BCUT2D eigenvalue weighted by Gasteiger charge is 2.10. The van der Waals surface area contributed by atoms with Crippen LogP contribution in [0.3, 0.4) is 0 Å². The third-order valence-corrected chi connectivity index (χ3v) is 2.91. The van der Waals surface area contributed by atoms with Crippen molar-refractivity contribution in [3.63, 3.8) is 0 Å². The number of benzene rings is 2. The standard InChI is InChI=1S/C15H15NO2S/c1-10-7-8-12(11(9-10)15(16)19)18-14-6-4-3-5-13(14)17-2/h3-9H,1-2H3,(H2,16,19). The molecular weight excluding hydrogens is 258 g/mol. The van der Waals surface area contributed by atoms with Gasteiger partial charge in [0.2, 0.25) is 0 Å². The van der Waals surface area contributed by atoms with E-state index in [4.69, 9.17) is 27.4 Å². The average Bonchev–Trinajstić information content (AvgIpc) is 2.41. The Morgan fingerprint density at radius 2 is 1.74 bits per heavy atom. The molecule has 4 heteroatoms. The lowest BCUT2D eigenvalue weighted by atomic mass is 10.1. The van der Waals surface area contributed by atoms with Gasteiger partial charge in [-0.2, -0.15) is 0 Å². The minimum atomic E-state index is 0.314. The van der Waals surface area contributed by atoms with Gasteiger partial charge in [0, 0.05) is 0 Å². The van der Waals surface area contributed by atoms with Crippen LogP contribution in [0.2, 0.25) is 0 Å². The van der Waals surface area contributed by atoms with Crippen LogP contribution in [0.4, 0.5) is 0 Å². The molecule has 0 unspecified atom stereocenters. The molecule has 0 bridgehead atoms. The number of para-hydroxylation sites is 2. The zero-order valence-corrected chi connectivity index (χ0v) is 11.7. The summed E-state index contributed by atoms with van der Waals surface area (Å²) >= 11 is 5.05. The van der Waals surface area contributed by atoms with E-state index < -0.39 is 0 Å². The summed E-state index contributed by atoms with van der Waals surface area (Å²) < 4.78 is 11.1. The Morgan fingerprint density at radius 1 is 1.05 bits per heavy atom. The quantitative estimate of drug-likeness (QED) is 0.867. The summed E-state index contributed by atoms with van der Waals surface area (Å²) in [5.74, 6) is 1.92. The molecule has 98 valence electrons. The zero-order chi connectivity index (χ0) is 13.8. The van der Waals surface area contributed by atoms with E-state index in [9.17, 15) is 0 Å². The van der Waals surface area contributed by atoms with E-state index in [0.29, 0.717) is 22.2 Å². The van der Waals surface area contributed by atoms with Gasteiger partial charge < -0.3 is 15.2 Å². The Balaban J connectivity index is 2.41. The highest BCUT2D eigenvalue weighted by atomic mass is 32.1. The van der Waals surface area contributed by atoms with Crippen LogP contribution >= 0.6 is 12.2 Å². The molecule has 0 aliphatic carbocycles. The maximum atomic E-state index is 5.86. The van der Waals surface area contributed by atoms with E-state index >= 15 is 0 Å². The largest absolute Gasteiger partial charge is 0.493 e. The fraction of sp³-hybridized carbons (Fsp3) is 0.133. The molecule has 0 heterocycles. The molecule has 0 atom stereocenters. The Morgan fingerprint density at radius 3 is 2.37 bits per heavy atom. The van der Waals surface area contributed by atoms with Crippen molar-refractivity contribution in [1.82, 2.24) is 0 Å². The lowest BCUT2D eigenvalue weighted by molar-refractivity contribution is 0.378. The van der Waals surface area contributed by atoms with Gasteiger partial charge in [0.25, 0.3) is 0 Å². The summed E-state index contributed by atoms with van der Waals surface area (Å²) in [5, 5.41) is 0. The van der Waals surface area contributed by atoms with Crippen molar-refractivity contribution >= 4 is 17.2 Å². The molecule has 0 aliphatic rings. The van der Waals surface area contributed by atoms with Crippen LogP contribution in [0, 0.1) is 6.92 Å². The van der Waals surface area contributed by atoms with Crippen molar-refractivity contribution in [3.05, 3.63) is 53.6 Å². The number of rotatable bonds is 4. The van der Waals surface area contributed by atoms with Crippen LogP contribution < -0.4 is 15.2 Å². The predicted molar refractivity (Wildman–Crippen MR) is 80.1 cm³/mol. The Bertz CT molecular complexity index is 611. The Labute approximate surface area is 118 Å². The van der Waals surface area contributed by atoms with Gasteiger partial charge in [-0.25, -0.2) is 0 Å². The first kappa shape index (κ1) is 13.4. The number of hydrogen-bond acceptors (Lipinski definition) is 3. The summed E-state index contributed by atoms with van der Waals surface area (Å²) in [4.78, 5) is 0.314. The van der Waals surface area contributed by atoms with Crippen LogP contribution in [0.5, 0.6) is 17.2 Å². The molecule has 0 spiro atoms. The van der Waals surface area contributed by atoms with Crippen molar-refractivity contribution in [3.8, 4) is 17.2 Å². The van der Waals surface area contributed by atoms with E-state index in [-0.39, 0.29) is 0 Å².